The Balaban J connectivity index is 1.33. The average molecular weight is 1140 g/mol. The number of benzene rings is 1. The van der Waals surface area contributed by atoms with E-state index in [0.717, 1.165) is 46.5 Å². The quantitative estimate of drug-likeness (QED) is 0.0225. The maximum Gasteiger partial charge on any atom is 0.397 e. The lowest BCUT2D eigenvalue weighted by molar-refractivity contribution is -0.361. The summed E-state index contributed by atoms with van der Waals surface area (Å²) in [6.45, 7) is 1.68. The van der Waals surface area contributed by atoms with Crippen LogP contribution in [0.5, 0.6) is 5.75 Å². The van der Waals surface area contributed by atoms with E-state index in [9.17, 15) is 78.1 Å². The minimum Gasteiger partial charge on any atom is -0.494 e. The van der Waals surface area contributed by atoms with E-state index in [1.54, 1.807) is 12.1 Å². The van der Waals surface area contributed by atoms with E-state index < -0.39 is 183 Å². The zero-order valence-corrected chi connectivity index (χ0v) is 44.3. The molecule has 0 aliphatic carbocycles. The van der Waals surface area contributed by atoms with E-state index in [2.05, 4.69) is 44.5 Å². The summed E-state index contributed by atoms with van der Waals surface area (Å²) in [6, 6.07) is -0.739. The summed E-state index contributed by atoms with van der Waals surface area (Å²) >= 11 is 0. The van der Waals surface area contributed by atoms with E-state index >= 15 is 0 Å². The van der Waals surface area contributed by atoms with Crippen molar-refractivity contribution in [3.8, 4) is 5.75 Å². The fraction of sp³-hybridized carbons (Fsp3) is 0.750. The normalized spacial score (nSPS) is 35.4. The Labute approximate surface area is 450 Å². The first-order chi connectivity index (χ1) is 37.0. The molecule has 4 aliphatic heterocycles. The average Bonchev–Trinajstić information content (AvgIpc) is 3.44. The van der Waals surface area contributed by atoms with Gasteiger partial charge >= 0.3 is 10.4 Å². The number of ether oxygens (including phenoxy) is 8. The molecule has 4 heterocycles. The molecule has 20 atom stereocenters. The molecule has 30 heteroatoms. The maximum absolute atomic E-state index is 13.7. The number of amides is 4. The molecule has 4 amide bonds. The van der Waals surface area contributed by atoms with Gasteiger partial charge in [0, 0.05) is 26.3 Å². The molecule has 4 aliphatic rings. The van der Waals surface area contributed by atoms with Gasteiger partial charge in [0.25, 0.3) is 5.91 Å². The zero-order valence-electron chi connectivity index (χ0n) is 43.5. The molecule has 0 radical (unpaired) electrons. The molecule has 78 heavy (non-hydrogen) atoms. The Morgan fingerprint density at radius 2 is 1.01 bits per heavy atom. The molecular weight excluding hydrogens is 1060 g/mol. The molecule has 29 nitrogen and oxygen atoms in total. The van der Waals surface area contributed by atoms with Crippen LogP contribution in [-0.2, 0) is 62.1 Å². The number of allylic oxidation sites excluding steroid dienone is 2. The number of rotatable bonds is 27. The van der Waals surface area contributed by atoms with Crippen LogP contribution in [-0.4, -0.2) is 238 Å². The second-order valence-corrected chi connectivity index (χ2v) is 20.3. The van der Waals surface area contributed by atoms with Crippen molar-refractivity contribution in [3.63, 3.8) is 0 Å². The second-order valence-electron chi connectivity index (χ2n) is 19.2. The maximum atomic E-state index is 13.7. The van der Waals surface area contributed by atoms with Crippen molar-refractivity contribution in [1.82, 2.24) is 21.3 Å². The zero-order chi connectivity index (χ0) is 57.4. The number of nitrogens with one attached hydrogen (secondary N) is 4. The number of unbranched alkanes of at least 4 members (excludes halogenated alkanes) is 5. The minimum atomic E-state index is -5.16. The molecule has 0 spiro atoms. The standard InChI is InChI=1S/C48H76N4O25S/c1-5-6-7-8-9-10-11-12-13-18-69-27-16-14-26(15-17-27)44(64)52-33-37(60)36(59)28(19-53)72-46(33)75-41-29(20-54)73-47(34(39(41)62)50-24(3)57)76-42-30(21-55)74-48(35(40(42)63)51-25(4)58)77-43-31(22-70-78(66,67)68)71-45(65)32(38(43)61)49-23(2)56/h10-11,14-17,28-43,45-48,53-55,59-63,65H,5-9,12-13,18-22H2,1-4H3,(H,49,56)(H,50,57)(H,51,58)(H,52,64)(H,66,67,68)/b11-10-/t28-,29-,30-,31-,32-,33-,34-,35-,36-,37-,38-,39-,40-,41-,42-,43-,45?,46+,47+,48+/m1/s1. The molecule has 4 saturated heterocycles. The highest BCUT2D eigenvalue weighted by atomic mass is 32.3. The van der Waals surface area contributed by atoms with Crippen molar-refractivity contribution >= 4 is 34.0 Å². The van der Waals surface area contributed by atoms with Crippen molar-refractivity contribution in [2.75, 3.05) is 33.0 Å². The molecule has 4 fully saturated rings. The van der Waals surface area contributed by atoms with E-state index in [1.807, 2.05) is 0 Å². The van der Waals surface area contributed by atoms with Crippen LogP contribution in [0.3, 0.4) is 0 Å². The van der Waals surface area contributed by atoms with Crippen LogP contribution in [0.25, 0.3) is 0 Å². The first-order valence-electron chi connectivity index (χ1n) is 25.6. The van der Waals surface area contributed by atoms with E-state index in [-0.39, 0.29) is 5.56 Å². The molecule has 14 N–H and O–H groups in total. The highest BCUT2D eigenvalue weighted by Gasteiger charge is 2.56. The number of hydrogen-bond acceptors (Lipinski definition) is 24. The number of hydrogen-bond donors (Lipinski definition) is 14. The SMILES string of the molecule is CCCCCC/C=C\CCCOc1ccc(C(=O)N[C@H]2[C@H](O[C@H]3[C@H](O)[C@@H](NC(C)=O)[C@H](O[C@H]4[C@H](O)[C@@H](NC(C)=O)[C@H](O[C@H]5[C@H](O)[C@@H](NC(C)=O)C(O)O[C@@H]5COS(=O)(=O)O)O[C@@H]4CO)O[C@@H]3CO)O[C@H](CO)[C@@H](O)[C@@H]2O)cc1. The number of carbonyl (C=O) groups is 4. The predicted octanol–water partition coefficient (Wildman–Crippen LogP) is -4.37. The van der Waals surface area contributed by atoms with Crippen LogP contribution >= 0.6 is 0 Å². The van der Waals surface area contributed by atoms with Crippen molar-refractivity contribution in [2.45, 2.75) is 195 Å². The summed E-state index contributed by atoms with van der Waals surface area (Å²) in [5, 5.41) is 109. The Kier molecular flexibility index (Phi) is 25.4. The van der Waals surface area contributed by atoms with Gasteiger partial charge in [-0.2, -0.15) is 8.42 Å². The van der Waals surface area contributed by atoms with Gasteiger partial charge in [-0.15, -0.1) is 0 Å². The van der Waals surface area contributed by atoms with Crippen LogP contribution in [0.2, 0.25) is 0 Å². The van der Waals surface area contributed by atoms with Crippen molar-refractivity contribution < 1.29 is 120 Å². The molecule has 0 bridgehead atoms. The minimum absolute atomic E-state index is 0.0808. The van der Waals surface area contributed by atoms with Gasteiger partial charge in [-0.05, 0) is 49.9 Å². The fourth-order valence-corrected chi connectivity index (χ4v) is 9.64. The summed E-state index contributed by atoms with van der Waals surface area (Å²) in [5.74, 6) is -2.72. The summed E-state index contributed by atoms with van der Waals surface area (Å²) in [5.41, 5.74) is 0.0808. The topological polar surface area (TPSA) is 436 Å². The summed E-state index contributed by atoms with van der Waals surface area (Å²) in [4.78, 5) is 51.0. The molecule has 0 saturated carbocycles. The Morgan fingerprint density at radius 3 is 1.49 bits per heavy atom. The van der Waals surface area contributed by atoms with Gasteiger partial charge in [-0.25, -0.2) is 4.18 Å². The lowest BCUT2D eigenvalue weighted by Crippen LogP contribution is -2.71. The van der Waals surface area contributed by atoms with Crippen LogP contribution < -0.4 is 26.0 Å². The smallest absolute Gasteiger partial charge is 0.397 e. The summed E-state index contributed by atoms with van der Waals surface area (Å²) < 4.78 is 83.8. The first-order valence-corrected chi connectivity index (χ1v) is 27.0. The predicted molar refractivity (Wildman–Crippen MR) is 263 cm³/mol. The Bertz CT molecular complexity index is 2200. The second kappa shape index (κ2) is 30.6. The molecule has 444 valence electrons. The van der Waals surface area contributed by atoms with Gasteiger partial charge in [0.15, 0.2) is 25.2 Å². The number of aliphatic hydroxyl groups excluding tert-OH is 9. The van der Waals surface area contributed by atoms with Gasteiger partial charge in [0.05, 0.1) is 33.0 Å². The van der Waals surface area contributed by atoms with Crippen molar-refractivity contribution in [2.24, 2.45) is 0 Å². The molecule has 5 rings (SSSR count). The highest BCUT2D eigenvalue weighted by molar-refractivity contribution is 7.80. The monoisotopic (exact) mass is 1140 g/mol. The van der Waals surface area contributed by atoms with Crippen LogP contribution in [0.1, 0.15) is 83.0 Å². The lowest BCUT2D eigenvalue weighted by atomic mass is 9.93. The van der Waals surface area contributed by atoms with Crippen LogP contribution in [0, 0.1) is 0 Å². The fourth-order valence-electron chi connectivity index (χ4n) is 9.33. The molecular formula is C48H76N4O25S. The van der Waals surface area contributed by atoms with E-state index in [0.29, 0.717) is 12.4 Å². The van der Waals surface area contributed by atoms with Crippen LogP contribution in [0.4, 0.5) is 0 Å². The van der Waals surface area contributed by atoms with E-state index in [4.69, 9.17) is 37.9 Å². The van der Waals surface area contributed by atoms with Gasteiger partial charge in [-0.3, -0.25) is 23.7 Å². The number of carbonyl (C=O) groups excluding carboxylic acids is 4. The third kappa shape index (κ3) is 17.9. The molecule has 1 aromatic rings. The first kappa shape index (κ1) is 64.7. The summed E-state index contributed by atoms with van der Waals surface area (Å²) in [6.07, 6.45) is -17.8. The van der Waals surface area contributed by atoms with E-state index in [1.165, 1.54) is 31.4 Å². The number of aliphatic hydroxyl groups is 9. The van der Waals surface area contributed by atoms with Gasteiger partial charge in [0.2, 0.25) is 17.7 Å². The van der Waals surface area contributed by atoms with Crippen LogP contribution in [0.15, 0.2) is 36.4 Å². The van der Waals surface area contributed by atoms with Crippen molar-refractivity contribution in [1.29, 1.82) is 0 Å². The Morgan fingerprint density at radius 1 is 0.564 bits per heavy atom. The van der Waals surface area contributed by atoms with Gasteiger partial charge in [0.1, 0.15) is 103 Å². The largest absolute Gasteiger partial charge is 0.494 e. The van der Waals surface area contributed by atoms with Crippen molar-refractivity contribution in [3.05, 3.63) is 42.0 Å². The highest BCUT2D eigenvalue weighted by Crippen LogP contribution is 2.35. The molecule has 1 unspecified atom stereocenters. The van der Waals surface area contributed by atoms with Gasteiger partial charge < -0.3 is 105 Å². The lowest BCUT2D eigenvalue weighted by Gasteiger charge is -2.51. The third-order valence-electron chi connectivity index (χ3n) is 13.2. The molecule has 0 aromatic heterocycles. The van der Waals surface area contributed by atoms with Gasteiger partial charge in [-0.1, -0.05) is 38.3 Å². The third-order valence-corrected chi connectivity index (χ3v) is 13.7. The summed E-state index contributed by atoms with van der Waals surface area (Å²) in [7, 11) is -5.16. The molecule has 1 aromatic carbocycles. The Hall–Kier alpha value is -4.13.